The number of nitrogens with zero attached hydrogens (tertiary/aromatic N) is 3. The van der Waals surface area contributed by atoms with Crippen molar-refractivity contribution in [2.24, 2.45) is 5.92 Å². The molecule has 1 aliphatic heterocycles. The summed E-state index contributed by atoms with van der Waals surface area (Å²) in [6, 6.07) is 15.1. The summed E-state index contributed by atoms with van der Waals surface area (Å²) < 4.78 is 5.84. The van der Waals surface area contributed by atoms with Crippen LogP contribution in [-0.4, -0.2) is 28.3 Å². The molecule has 3 aromatic rings. The first-order valence-corrected chi connectivity index (χ1v) is 10.3. The van der Waals surface area contributed by atoms with Crippen molar-refractivity contribution in [2.75, 3.05) is 16.8 Å². The molecule has 2 amide bonds. The number of benzene rings is 1. The molecule has 1 fully saturated rings. The molecular weight excluding hydrogens is 392 g/mol. The van der Waals surface area contributed by atoms with Gasteiger partial charge in [-0.2, -0.15) is 0 Å². The standard InChI is InChI=1S/C24H24N4O3/c1-2-17-5-7-20(8-6-17)28-15-19(14-22(28)29)24(30)27-23-21(4-3-11-26-23)31-16-18-9-12-25-13-10-18/h3-13,19H,2,14-16H2,1H3,(H,26,27,30). The summed E-state index contributed by atoms with van der Waals surface area (Å²) in [5.41, 5.74) is 2.98. The predicted octanol–water partition coefficient (Wildman–Crippen LogP) is 3.61. The molecule has 0 bridgehead atoms. The van der Waals surface area contributed by atoms with Gasteiger partial charge in [0.25, 0.3) is 0 Å². The van der Waals surface area contributed by atoms with E-state index in [4.69, 9.17) is 4.74 Å². The van der Waals surface area contributed by atoms with E-state index < -0.39 is 5.92 Å². The number of carbonyl (C=O) groups is 2. The Hall–Kier alpha value is -3.74. The molecule has 0 radical (unpaired) electrons. The third-order valence-electron chi connectivity index (χ3n) is 5.31. The van der Waals surface area contributed by atoms with Gasteiger partial charge < -0.3 is 15.0 Å². The average molecular weight is 416 g/mol. The number of aryl methyl sites for hydroxylation is 1. The van der Waals surface area contributed by atoms with Gasteiger partial charge in [0.05, 0.1) is 5.92 Å². The largest absolute Gasteiger partial charge is 0.485 e. The molecule has 7 heteroatoms. The molecule has 7 nitrogen and oxygen atoms in total. The zero-order chi connectivity index (χ0) is 21.6. The lowest BCUT2D eigenvalue weighted by Gasteiger charge is -2.17. The maximum Gasteiger partial charge on any atom is 0.231 e. The summed E-state index contributed by atoms with van der Waals surface area (Å²) in [6.45, 7) is 2.76. The zero-order valence-corrected chi connectivity index (χ0v) is 17.3. The Morgan fingerprint density at radius 1 is 1.10 bits per heavy atom. The Labute approximate surface area is 181 Å². The minimum absolute atomic E-state index is 0.0559. The minimum atomic E-state index is -0.451. The first kappa shape index (κ1) is 20.5. The van der Waals surface area contributed by atoms with Gasteiger partial charge in [0.1, 0.15) is 6.61 Å². The smallest absolute Gasteiger partial charge is 0.231 e. The van der Waals surface area contributed by atoms with Gasteiger partial charge in [0, 0.05) is 37.2 Å². The van der Waals surface area contributed by atoms with Crippen LogP contribution in [-0.2, 0) is 22.6 Å². The van der Waals surface area contributed by atoms with Crippen LogP contribution in [0.3, 0.4) is 0 Å². The van der Waals surface area contributed by atoms with E-state index >= 15 is 0 Å². The zero-order valence-electron chi connectivity index (χ0n) is 17.3. The third kappa shape index (κ3) is 4.88. The fraction of sp³-hybridized carbons (Fsp3) is 0.250. The molecule has 0 spiro atoms. The number of hydrogen-bond acceptors (Lipinski definition) is 5. The van der Waals surface area contributed by atoms with Crippen molar-refractivity contribution in [2.45, 2.75) is 26.4 Å². The van der Waals surface area contributed by atoms with Crippen LogP contribution in [0, 0.1) is 5.92 Å². The normalized spacial score (nSPS) is 15.7. The topological polar surface area (TPSA) is 84.4 Å². The van der Waals surface area contributed by atoms with E-state index in [9.17, 15) is 9.59 Å². The molecule has 0 saturated carbocycles. The van der Waals surface area contributed by atoms with Crippen molar-refractivity contribution in [1.82, 2.24) is 9.97 Å². The van der Waals surface area contributed by atoms with Crippen molar-refractivity contribution in [3.63, 3.8) is 0 Å². The van der Waals surface area contributed by atoms with E-state index in [0.717, 1.165) is 17.7 Å². The highest BCUT2D eigenvalue weighted by atomic mass is 16.5. The molecule has 31 heavy (non-hydrogen) atoms. The van der Waals surface area contributed by atoms with Crippen LogP contribution >= 0.6 is 0 Å². The van der Waals surface area contributed by atoms with Gasteiger partial charge >= 0.3 is 0 Å². The number of hydrogen-bond donors (Lipinski definition) is 1. The van der Waals surface area contributed by atoms with E-state index in [1.54, 1.807) is 35.6 Å². The average Bonchev–Trinajstić information content (AvgIpc) is 3.21. The van der Waals surface area contributed by atoms with E-state index in [-0.39, 0.29) is 18.2 Å². The second kappa shape index (κ2) is 9.38. The predicted molar refractivity (Wildman–Crippen MR) is 118 cm³/mol. The molecule has 3 heterocycles. The van der Waals surface area contributed by atoms with E-state index in [2.05, 4.69) is 22.2 Å². The molecule has 1 unspecified atom stereocenters. The van der Waals surface area contributed by atoms with Gasteiger partial charge in [0.2, 0.25) is 11.8 Å². The lowest BCUT2D eigenvalue weighted by atomic mass is 10.1. The second-order valence-electron chi connectivity index (χ2n) is 7.41. The molecule has 1 N–H and O–H groups in total. The number of aromatic nitrogens is 2. The van der Waals surface area contributed by atoms with Gasteiger partial charge in [-0.15, -0.1) is 0 Å². The fourth-order valence-electron chi connectivity index (χ4n) is 3.50. The molecule has 4 rings (SSSR count). The lowest BCUT2D eigenvalue weighted by molar-refractivity contribution is -0.122. The molecule has 0 aliphatic carbocycles. The Balaban J connectivity index is 1.41. The van der Waals surface area contributed by atoms with Crippen LogP contribution in [0.2, 0.25) is 0 Å². The van der Waals surface area contributed by atoms with Gasteiger partial charge in [-0.25, -0.2) is 4.98 Å². The van der Waals surface area contributed by atoms with Gasteiger partial charge in [-0.3, -0.25) is 14.6 Å². The summed E-state index contributed by atoms with van der Waals surface area (Å²) in [4.78, 5) is 35.3. The van der Waals surface area contributed by atoms with Crippen LogP contribution in [0.15, 0.2) is 67.1 Å². The third-order valence-corrected chi connectivity index (χ3v) is 5.31. The summed E-state index contributed by atoms with van der Waals surface area (Å²) in [5, 5.41) is 2.83. The number of anilines is 2. The van der Waals surface area contributed by atoms with Crippen LogP contribution in [0.1, 0.15) is 24.5 Å². The van der Waals surface area contributed by atoms with Crippen LogP contribution < -0.4 is 15.0 Å². The summed E-state index contributed by atoms with van der Waals surface area (Å²) >= 11 is 0. The van der Waals surface area contributed by atoms with Crippen molar-refractivity contribution < 1.29 is 14.3 Å². The van der Waals surface area contributed by atoms with Gasteiger partial charge in [-0.05, 0) is 53.9 Å². The Morgan fingerprint density at radius 2 is 1.87 bits per heavy atom. The quantitative estimate of drug-likeness (QED) is 0.636. The summed E-state index contributed by atoms with van der Waals surface area (Å²) in [6.07, 6.45) is 6.10. The highest BCUT2D eigenvalue weighted by molar-refractivity contribution is 6.03. The Morgan fingerprint density at radius 3 is 2.61 bits per heavy atom. The molecule has 1 aliphatic rings. The monoisotopic (exact) mass is 416 g/mol. The van der Waals surface area contributed by atoms with Crippen LogP contribution in [0.4, 0.5) is 11.5 Å². The first-order chi connectivity index (χ1) is 15.1. The number of rotatable bonds is 7. The van der Waals surface area contributed by atoms with E-state index in [0.29, 0.717) is 24.7 Å². The summed E-state index contributed by atoms with van der Waals surface area (Å²) in [5.74, 6) is 0.0743. The van der Waals surface area contributed by atoms with Crippen LogP contribution in [0.5, 0.6) is 5.75 Å². The maximum absolute atomic E-state index is 12.9. The SMILES string of the molecule is CCc1ccc(N2CC(C(=O)Nc3ncccc3OCc3ccncc3)CC2=O)cc1. The van der Waals surface area contributed by atoms with E-state index in [1.807, 2.05) is 36.4 Å². The Kier molecular flexibility index (Phi) is 6.21. The Bertz CT molecular complexity index is 1050. The number of pyridine rings is 2. The summed E-state index contributed by atoms with van der Waals surface area (Å²) in [7, 11) is 0. The fourth-order valence-corrected chi connectivity index (χ4v) is 3.50. The van der Waals surface area contributed by atoms with Crippen molar-refractivity contribution in [3.8, 4) is 5.75 Å². The number of ether oxygens (including phenoxy) is 1. The molecular formula is C24H24N4O3. The first-order valence-electron chi connectivity index (χ1n) is 10.3. The molecule has 2 aromatic heterocycles. The van der Waals surface area contributed by atoms with Gasteiger partial charge in [-0.1, -0.05) is 19.1 Å². The van der Waals surface area contributed by atoms with Gasteiger partial charge in [0.15, 0.2) is 11.6 Å². The molecule has 1 aromatic carbocycles. The highest BCUT2D eigenvalue weighted by Gasteiger charge is 2.35. The maximum atomic E-state index is 12.9. The van der Waals surface area contributed by atoms with Crippen LogP contribution in [0.25, 0.3) is 0 Å². The number of nitrogens with one attached hydrogen (secondary N) is 1. The highest BCUT2D eigenvalue weighted by Crippen LogP contribution is 2.28. The van der Waals surface area contributed by atoms with Crippen molar-refractivity contribution >= 4 is 23.3 Å². The second-order valence-corrected chi connectivity index (χ2v) is 7.41. The molecule has 1 saturated heterocycles. The number of carbonyl (C=O) groups excluding carboxylic acids is 2. The minimum Gasteiger partial charge on any atom is -0.485 e. The van der Waals surface area contributed by atoms with E-state index in [1.165, 1.54) is 5.56 Å². The lowest BCUT2D eigenvalue weighted by Crippen LogP contribution is -2.28. The molecule has 1 atom stereocenters. The van der Waals surface area contributed by atoms with Crippen molar-refractivity contribution in [3.05, 3.63) is 78.2 Å². The van der Waals surface area contributed by atoms with Crippen molar-refractivity contribution in [1.29, 1.82) is 0 Å². The number of amides is 2. The molecule has 158 valence electrons.